The Kier molecular flexibility index (Phi) is 5.08. The van der Waals surface area contributed by atoms with E-state index in [0.29, 0.717) is 31.0 Å². The van der Waals surface area contributed by atoms with Crippen molar-refractivity contribution >= 4 is 15.9 Å². The first-order chi connectivity index (χ1) is 12.0. The van der Waals surface area contributed by atoms with Gasteiger partial charge in [-0.2, -0.15) is 8.42 Å². The van der Waals surface area contributed by atoms with Crippen molar-refractivity contribution in [2.45, 2.75) is 25.2 Å². The average molecular weight is 359 g/mol. The molecule has 0 saturated heterocycles. The van der Waals surface area contributed by atoms with Crippen molar-refractivity contribution in [1.82, 2.24) is 5.32 Å². The van der Waals surface area contributed by atoms with Crippen LogP contribution in [-0.2, 0) is 16.4 Å². The van der Waals surface area contributed by atoms with Crippen LogP contribution in [0.3, 0.4) is 0 Å². The summed E-state index contributed by atoms with van der Waals surface area (Å²) in [5.41, 5.74) is 1.90. The molecule has 2 aromatic rings. The summed E-state index contributed by atoms with van der Waals surface area (Å²) in [6.07, 6.45) is 0.566. The van der Waals surface area contributed by atoms with E-state index in [2.05, 4.69) is 5.32 Å². The molecule has 1 aliphatic heterocycles. The Morgan fingerprint density at radius 1 is 1.16 bits per heavy atom. The minimum absolute atomic E-state index is 0.294. The molecule has 0 saturated carbocycles. The molecule has 0 aliphatic carbocycles. The summed E-state index contributed by atoms with van der Waals surface area (Å²) < 4.78 is 33.1. The molecule has 6 heteroatoms. The third kappa shape index (κ3) is 3.69. The third-order valence-corrected chi connectivity index (χ3v) is 6.03. The normalized spacial score (nSPS) is 14.5. The smallest absolute Gasteiger partial charge is 0.330 e. The minimum atomic E-state index is -3.58. The molecular weight excluding hydrogens is 336 g/mol. The van der Waals surface area contributed by atoms with Crippen molar-refractivity contribution in [3.8, 4) is 5.75 Å². The maximum absolute atomic E-state index is 13.1. The van der Waals surface area contributed by atoms with Crippen LogP contribution in [0.2, 0.25) is 0 Å². The molecule has 132 valence electrons. The highest BCUT2D eigenvalue weighted by Gasteiger charge is 2.33. The number of hydrogen-bond acceptors (Lipinski definition) is 4. The van der Waals surface area contributed by atoms with Crippen LogP contribution >= 0.6 is 0 Å². The third-order valence-electron chi connectivity index (χ3n) is 4.19. The Labute approximate surface area is 149 Å². The molecule has 0 atom stereocenters. The summed E-state index contributed by atoms with van der Waals surface area (Å²) in [5, 5.41) is 3.22. The van der Waals surface area contributed by atoms with Crippen LogP contribution < -0.4 is 10.1 Å². The molecule has 0 unspecified atom stereocenters. The van der Waals surface area contributed by atoms with Crippen molar-refractivity contribution < 1.29 is 17.1 Å². The van der Waals surface area contributed by atoms with E-state index in [1.165, 1.54) is 3.98 Å². The highest BCUT2D eigenvalue weighted by molar-refractivity contribution is 7.85. The maximum atomic E-state index is 13.1. The molecule has 1 aliphatic rings. The molecule has 2 aromatic carbocycles. The molecule has 25 heavy (non-hydrogen) atoms. The fourth-order valence-electron chi connectivity index (χ4n) is 2.96. The van der Waals surface area contributed by atoms with Gasteiger partial charge < -0.3 is 4.74 Å². The van der Waals surface area contributed by atoms with E-state index in [0.717, 1.165) is 22.7 Å². The number of ether oxygens (including phenoxy) is 1. The van der Waals surface area contributed by atoms with Crippen LogP contribution in [0.4, 0.5) is 0 Å². The molecule has 0 amide bonds. The van der Waals surface area contributed by atoms with Crippen LogP contribution in [0.5, 0.6) is 5.75 Å². The van der Waals surface area contributed by atoms with Gasteiger partial charge in [-0.1, -0.05) is 30.3 Å². The Balaban J connectivity index is 1.95. The standard InChI is InChI=1S/C19H22N2O3S/c1-3-24-18-10-9-17(13-15(18)2)25(22,23)21-12-11-20-19(21)14-16-7-5-4-6-8-16/h4-10,13H,3,11-12,14H2,1-2H3/p+1. The molecule has 0 spiro atoms. The van der Waals surface area contributed by atoms with Gasteiger partial charge in [0.2, 0.25) is 0 Å². The van der Waals surface area contributed by atoms with Gasteiger partial charge in [-0.25, -0.2) is 0 Å². The first-order valence-corrected chi connectivity index (χ1v) is 9.86. The van der Waals surface area contributed by atoms with Gasteiger partial charge >= 0.3 is 10.0 Å². The van der Waals surface area contributed by atoms with Crippen molar-refractivity contribution in [3.05, 3.63) is 59.7 Å². The second kappa shape index (κ2) is 7.27. The van der Waals surface area contributed by atoms with Crippen LogP contribution in [0.15, 0.2) is 53.4 Å². The van der Waals surface area contributed by atoms with E-state index in [4.69, 9.17) is 4.74 Å². The quantitative estimate of drug-likeness (QED) is 0.805. The molecule has 0 fully saturated rings. The fraction of sp³-hybridized carbons (Fsp3) is 0.316. The lowest BCUT2D eigenvalue weighted by Crippen LogP contribution is -2.29. The Morgan fingerprint density at radius 3 is 2.60 bits per heavy atom. The second-order valence-electron chi connectivity index (χ2n) is 5.97. The number of nitrogens with zero attached hydrogens (tertiary/aromatic N) is 1. The van der Waals surface area contributed by atoms with Gasteiger partial charge in [-0.3, -0.25) is 5.32 Å². The van der Waals surface area contributed by atoms with Crippen LogP contribution in [0.25, 0.3) is 0 Å². The van der Waals surface area contributed by atoms with Crippen molar-refractivity contribution in [2.75, 3.05) is 19.7 Å². The predicted octanol–water partition coefficient (Wildman–Crippen LogP) is 2.34. The number of rotatable bonds is 6. The monoisotopic (exact) mass is 359 g/mol. The average Bonchev–Trinajstić information content (AvgIpc) is 3.06. The van der Waals surface area contributed by atoms with Crippen molar-refractivity contribution in [1.29, 1.82) is 0 Å². The predicted molar refractivity (Wildman–Crippen MR) is 97.8 cm³/mol. The fourth-order valence-corrected chi connectivity index (χ4v) is 4.53. The van der Waals surface area contributed by atoms with Gasteiger partial charge in [0.1, 0.15) is 23.7 Å². The molecule has 3 rings (SSSR count). The summed E-state index contributed by atoms with van der Waals surface area (Å²) in [6.45, 7) is 5.39. The minimum Gasteiger partial charge on any atom is -0.494 e. The molecule has 1 heterocycles. The van der Waals surface area contributed by atoms with Crippen LogP contribution in [0, 0.1) is 6.92 Å². The van der Waals surface area contributed by atoms with Gasteiger partial charge in [-0.15, -0.1) is 3.98 Å². The SMILES string of the molecule is CCOc1ccc(S(=O)(=O)[N+]2=C(Cc3ccccc3)NCC2)cc1C. The highest BCUT2D eigenvalue weighted by Crippen LogP contribution is 2.23. The summed E-state index contributed by atoms with van der Waals surface area (Å²) in [7, 11) is -3.58. The molecule has 5 nitrogen and oxygen atoms in total. The highest BCUT2D eigenvalue weighted by atomic mass is 32.2. The number of nitrogens with one attached hydrogen (secondary N) is 1. The molecule has 0 radical (unpaired) electrons. The lowest BCUT2D eigenvalue weighted by Gasteiger charge is -2.10. The summed E-state index contributed by atoms with van der Waals surface area (Å²) >= 11 is 0. The Bertz CT molecular complexity index is 890. The van der Waals surface area contributed by atoms with Gasteiger partial charge in [0.25, 0.3) is 5.84 Å². The van der Waals surface area contributed by atoms with E-state index < -0.39 is 10.0 Å². The zero-order chi connectivity index (χ0) is 17.9. The number of amidine groups is 1. The molecule has 0 aromatic heterocycles. The number of sulfonamides is 1. The van der Waals surface area contributed by atoms with Gasteiger partial charge in [0.05, 0.1) is 13.0 Å². The van der Waals surface area contributed by atoms with Crippen molar-refractivity contribution in [3.63, 3.8) is 0 Å². The zero-order valence-electron chi connectivity index (χ0n) is 14.5. The maximum Gasteiger partial charge on any atom is 0.330 e. The number of hydrogen-bond donors (Lipinski definition) is 1. The van der Waals surface area contributed by atoms with E-state index in [1.54, 1.807) is 18.2 Å². The lowest BCUT2D eigenvalue weighted by molar-refractivity contribution is -0.354. The molecular formula is C19H23N2O3S+. The topological polar surface area (TPSA) is 58.4 Å². The summed E-state index contributed by atoms with van der Waals surface area (Å²) in [5.74, 6) is 1.44. The lowest BCUT2D eigenvalue weighted by atomic mass is 10.1. The van der Waals surface area contributed by atoms with Crippen LogP contribution in [0.1, 0.15) is 18.1 Å². The Hall–Kier alpha value is -2.34. The van der Waals surface area contributed by atoms with Crippen LogP contribution in [-0.4, -0.2) is 37.9 Å². The molecule has 1 N–H and O–H groups in total. The van der Waals surface area contributed by atoms with E-state index in [9.17, 15) is 8.42 Å². The van der Waals surface area contributed by atoms with E-state index in [-0.39, 0.29) is 0 Å². The summed E-state index contributed by atoms with van der Waals surface area (Å²) in [4.78, 5) is 0.294. The van der Waals surface area contributed by atoms with Gasteiger partial charge in [0.15, 0.2) is 0 Å². The van der Waals surface area contributed by atoms with E-state index >= 15 is 0 Å². The second-order valence-corrected chi connectivity index (χ2v) is 7.84. The number of benzene rings is 2. The van der Waals surface area contributed by atoms with Gasteiger partial charge in [-0.05, 0) is 43.2 Å². The molecule has 0 bridgehead atoms. The first-order valence-electron chi connectivity index (χ1n) is 8.42. The van der Waals surface area contributed by atoms with E-state index in [1.807, 2.05) is 44.2 Å². The summed E-state index contributed by atoms with van der Waals surface area (Å²) in [6, 6.07) is 14.9. The largest absolute Gasteiger partial charge is 0.494 e. The van der Waals surface area contributed by atoms with Gasteiger partial charge in [0, 0.05) is 0 Å². The van der Waals surface area contributed by atoms with Crippen molar-refractivity contribution in [2.24, 2.45) is 0 Å². The number of aryl methyl sites for hydroxylation is 1. The Morgan fingerprint density at radius 2 is 1.92 bits per heavy atom. The first kappa shape index (κ1) is 17.5. The zero-order valence-corrected chi connectivity index (χ0v) is 15.3.